The van der Waals surface area contributed by atoms with E-state index in [1.54, 1.807) is 0 Å². The number of nitro groups is 1. The number of nitro benzene ring substituents is 1. The van der Waals surface area contributed by atoms with Crippen LogP contribution in [0.4, 0.5) is 18.9 Å². The SMILES string of the molecule is O=C(O)C(F)(F)F.O=[N+]([O-])c1ccccc1S(=O)(=O)N1CCOC2(CNC2)C1. The van der Waals surface area contributed by atoms with E-state index in [1.165, 1.54) is 28.6 Å². The lowest BCUT2D eigenvalue weighted by atomic mass is 9.96. The molecule has 28 heavy (non-hydrogen) atoms. The van der Waals surface area contributed by atoms with Crippen molar-refractivity contribution in [3.63, 3.8) is 0 Å². The van der Waals surface area contributed by atoms with Gasteiger partial charge in [-0.3, -0.25) is 10.1 Å². The van der Waals surface area contributed by atoms with E-state index in [4.69, 9.17) is 14.6 Å². The molecule has 1 aromatic carbocycles. The second kappa shape index (κ2) is 7.98. The molecule has 0 radical (unpaired) electrons. The Hall–Kier alpha value is -2.29. The van der Waals surface area contributed by atoms with Gasteiger partial charge in [0.05, 0.1) is 11.5 Å². The Morgan fingerprint density at radius 1 is 1.32 bits per heavy atom. The van der Waals surface area contributed by atoms with Gasteiger partial charge in [-0.25, -0.2) is 13.2 Å². The number of sulfonamides is 1. The van der Waals surface area contributed by atoms with Crippen molar-refractivity contribution >= 4 is 21.7 Å². The van der Waals surface area contributed by atoms with E-state index in [1.807, 2.05) is 0 Å². The molecule has 0 bridgehead atoms. The number of benzene rings is 1. The van der Waals surface area contributed by atoms with Crippen LogP contribution in [0.2, 0.25) is 0 Å². The zero-order chi connectivity index (χ0) is 21.2. The first-order valence-corrected chi connectivity index (χ1v) is 9.21. The van der Waals surface area contributed by atoms with E-state index in [0.717, 1.165) is 0 Å². The average Bonchev–Trinajstić information content (AvgIpc) is 2.60. The molecular formula is C14H16F3N3O7S. The summed E-state index contributed by atoms with van der Waals surface area (Å²) in [5.74, 6) is -2.76. The Balaban J connectivity index is 0.000000345. The first kappa shape index (κ1) is 22.0. The highest BCUT2D eigenvalue weighted by atomic mass is 32.2. The van der Waals surface area contributed by atoms with Gasteiger partial charge < -0.3 is 15.2 Å². The summed E-state index contributed by atoms with van der Waals surface area (Å²) in [6, 6.07) is 5.41. The van der Waals surface area contributed by atoms with Gasteiger partial charge in [-0.1, -0.05) is 12.1 Å². The van der Waals surface area contributed by atoms with Gasteiger partial charge in [0.2, 0.25) is 10.0 Å². The second-order valence-electron chi connectivity index (χ2n) is 6.00. The van der Waals surface area contributed by atoms with E-state index in [9.17, 15) is 31.7 Å². The van der Waals surface area contributed by atoms with Crippen LogP contribution in [-0.4, -0.2) is 73.3 Å². The summed E-state index contributed by atoms with van der Waals surface area (Å²) < 4.78 is 64.0. The minimum absolute atomic E-state index is 0.204. The van der Waals surface area contributed by atoms with E-state index < -0.39 is 38.4 Å². The van der Waals surface area contributed by atoms with Crippen molar-refractivity contribution < 1.29 is 41.2 Å². The van der Waals surface area contributed by atoms with Crippen molar-refractivity contribution in [1.82, 2.24) is 9.62 Å². The van der Waals surface area contributed by atoms with Gasteiger partial charge in [0.25, 0.3) is 5.69 Å². The van der Waals surface area contributed by atoms with Crippen LogP contribution in [0.1, 0.15) is 0 Å². The summed E-state index contributed by atoms with van der Waals surface area (Å²) in [6.07, 6.45) is -5.08. The Morgan fingerprint density at radius 2 is 1.89 bits per heavy atom. The summed E-state index contributed by atoms with van der Waals surface area (Å²) in [4.78, 5) is 19.0. The molecule has 0 amide bonds. The number of hydrogen-bond acceptors (Lipinski definition) is 7. The van der Waals surface area contributed by atoms with E-state index in [0.29, 0.717) is 19.7 Å². The maximum absolute atomic E-state index is 12.7. The third-order valence-corrected chi connectivity index (χ3v) is 5.92. The molecule has 2 heterocycles. The van der Waals surface area contributed by atoms with E-state index in [2.05, 4.69) is 5.32 Å². The molecule has 14 heteroatoms. The van der Waals surface area contributed by atoms with Crippen molar-refractivity contribution in [3.05, 3.63) is 34.4 Å². The van der Waals surface area contributed by atoms with Crippen LogP contribution in [0.15, 0.2) is 29.2 Å². The minimum Gasteiger partial charge on any atom is -0.475 e. The zero-order valence-corrected chi connectivity index (χ0v) is 15.0. The summed E-state index contributed by atoms with van der Waals surface area (Å²) in [5.41, 5.74) is -0.890. The number of carbonyl (C=O) groups is 1. The monoisotopic (exact) mass is 427 g/mol. The number of aliphatic carboxylic acids is 1. The maximum Gasteiger partial charge on any atom is 0.490 e. The largest absolute Gasteiger partial charge is 0.490 e. The molecule has 0 aliphatic carbocycles. The minimum atomic E-state index is -5.08. The Kier molecular flexibility index (Phi) is 6.27. The van der Waals surface area contributed by atoms with Crippen LogP contribution < -0.4 is 5.32 Å². The highest BCUT2D eigenvalue weighted by Crippen LogP contribution is 2.30. The molecule has 1 spiro atoms. The van der Waals surface area contributed by atoms with Gasteiger partial charge in [0, 0.05) is 32.2 Å². The van der Waals surface area contributed by atoms with Crippen LogP contribution in [0.25, 0.3) is 0 Å². The number of carboxylic acids is 1. The van der Waals surface area contributed by atoms with Gasteiger partial charge in [-0.2, -0.15) is 17.5 Å². The lowest BCUT2D eigenvalue weighted by Crippen LogP contribution is -2.69. The number of nitrogens with one attached hydrogen (secondary N) is 1. The Labute approximate surface area is 157 Å². The Morgan fingerprint density at radius 3 is 2.36 bits per heavy atom. The van der Waals surface area contributed by atoms with E-state index >= 15 is 0 Å². The quantitative estimate of drug-likeness (QED) is 0.528. The topological polar surface area (TPSA) is 139 Å². The third-order valence-electron chi connectivity index (χ3n) is 4.03. The molecule has 156 valence electrons. The predicted molar refractivity (Wildman–Crippen MR) is 87.1 cm³/mol. The van der Waals surface area contributed by atoms with Gasteiger partial charge >= 0.3 is 12.1 Å². The van der Waals surface area contributed by atoms with Crippen LogP contribution in [-0.2, 0) is 19.6 Å². The number of rotatable bonds is 3. The average molecular weight is 427 g/mol. The number of halogens is 3. The number of para-hydroxylation sites is 1. The van der Waals surface area contributed by atoms with Crippen molar-refractivity contribution in [2.24, 2.45) is 0 Å². The smallest absolute Gasteiger partial charge is 0.475 e. The van der Waals surface area contributed by atoms with Crippen molar-refractivity contribution in [2.75, 3.05) is 32.8 Å². The Bertz CT molecular complexity index is 856. The molecular weight excluding hydrogens is 411 g/mol. The molecule has 2 saturated heterocycles. The first-order chi connectivity index (χ1) is 12.9. The van der Waals surface area contributed by atoms with Crippen molar-refractivity contribution in [1.29, 1.82) is 0 Å². The number of ether oxygens (including phenoxy) is 1. The summed E-state index contributed by atoms with van der Waals surface area (Å²) in [7, 11) is -3.90. The van der Waals surface area contributed by atoms with Gasteiger partial charge in [-0.05, 0) is 6.07 Å². The predicted octanol–water partition coefficient (Wildman–Crippen LogP) is 0.591. The van der Waals surface area contributed by atoms with Crippen molar-refractivity contribution in [2.45, 2.75) is 16.7 Å². The lowest BCUT2D eigenvalue weighted by Gasteiger charge is -2.48. The molecule has 1 aromatic rings. The molecule has 2 aliphatic rings. The lowest BCUT2D eigenvalue weighted by molar-refractivity contribution is -0.387. The standard InChI is InChI=1S/C12H15N3O5S.C2HF3O2/c16-15(17)10-3-1-2-4-11(10)21(18,19)14-5-6-20-12(9-14)7-13-8-12;3-2(4,5)1(6)7/h1-4,13H,5-9H2;(H,6,7). The zero-order valence-electron chi connectivity index (χ0n) is 14.2. The number of alkyl halides is 3. The summed E-state index contributed by atoms with van der Waals surface area (Å²) in [6.45, 7) is 1.90. The fraction of sp³-hybridized carbons (Fsp3) is 0.500. The number of nitrogens with zero attached hydrogens (tertiary/aromatic N) is 2. The highest BCUT2D eigenvalue weighted by Gasteiger charge is 2.46. The normalized spacial score (nSPS) is 19.2. The number of hydrogen-bond donors (Lipinski definition) is 2. The molecule has 10 nitrogen and oxygen atoms in total. The summed E-state index contributed by atoms with van der Waals surface area (Å²) in [5, 5.41) is 21.2. The fourth-order valence-corrected chi connectivity index (χ4v) is 4.25. The summed E-state index contributed by atoms with van der Waals surface area (Å²) >= 11 is 0. The molecule has 0 aromatic heterocycles. The van der Waals surface area contributed by atoms with Crippen molar-refractivity contribution in [3.8, 4) is 0 Å². The molecule has 0 unspecified atom stereocenters. The molecule has 2 N–H and O–H groups in total. The second-order valence-corrected chi connectivity index (χ2v) is 7.91. The maximum atomic E-state index is 12.7. The first-order valence-electron chi connectivity index (χ1n) is 7.77. The van der Waals surface area contributed by atoms with Crippen LogP contribution in [0, 0.1) is 10.1 Å². The van der Waals surface area contributed by atoms with Crippen LogP contribution in [0.3, 0.4) is 0 Å². The molecule has 3 rings (SSSR count). The fourth-order valence-electron chi connectivity index (χ4n) is 2.60. The molecule has 0 atom stereocenters. The molecule has 2 fully saturated rings. The van der Waals surface area contributed by atoms with Crippen LogP contribution >= 0.6 is 0 Å². The van der Waals surface area contributed by atoms with Gasteiger partial charge in [0.1, 0.15) is 5.60 Å². The molecule has 2 aliphatic heterocycles. The molecule has 0 saturated carbocycles. The van der Waals surface area contributed by atoms with Crippen LogP contribution in [0.5, 0.6) is 0 Å². The number of carboxylic acid groups (broad SMARTS) is 1. The van der Waals surface area contributed by atoms with Gasteiger partial charge in [0.15, 0.2) is 4.90 Å². The highest BCUT2D eigenvalue weighted by molar-refractivity contribution is 7.89. The number of morpholine rings is 1. The van der Waals surface area contributed by atoms with E-state index in [-0.39, 0.29) is 18.0 Å². The van der Waals surface area contributed by atoms with Gasteiger partial charge in [-0.15, -0.1) is 0 Å². The third kappa shape index (κ3) is 4.76.